The number of hydrogen-bond donors (Lipinski definition) is 0. The van der Waals surface area contributed by atoms with Crippen molar-refractivity contribution in [1.82, 2.24) is 4.90 Å². The summed E-state index contributed by atoms with van der Waals surface area (Å²) in [7, 11) is 0. The number of rotatable bonds is 3. The molecule has 0 amide bonds. The molecule has 1 atom stereocenters. The van der Waals surface area contributed by atoms with Gasteiger partial charge in [-0.15, -0.1) is 0 Å². The minimum absolute atomic E-state index is 0.664. The number of hydrogen-bond acceptors (Lipinski definition) is 1. The molecule has 1 aliphatic heterocycles. The second-order valence-corrected chi connectivity index (χ2v) is 4.93. The molecule has 0 saturated carbocycles. The molecule has 1 fully saturated rings. The molecule has 1 aromatic rings. The highest BCUT2D eigenvalue weighted by atomic mass is 15.1. The summed E-state index contributed by atoms with van der Waals surface area (Å²) in [4.78, 5) is 2.61. The predicted octanol–water partition coefficient (Wildman–Crippen LogP) is 3.28. The highest BCUT2D eigenvalue weighted by Crippen LogP contribution is 2.32. The minimum Gasteiger partial charge on any atom is -0.303 e. The summed E-state index contributed by atoms with van der Waals surface area (Å²) in [6.45, 7) is 3.90. The summed E-state index contributed by atoms with van der Waals surface area (Å²) in [5.41, 5.74) is 2.95. The lowest BCUT2D eigenvalue weighted by molar-refractivity contribution is 0.329. The van der Waals surface area contributed by atoms with E-state index in [4.69, 9.17) is 0 Å². The summed E-state index contributed by atoms with van der Waals surface area (Å²) in [5, 5.41) is 0. The van der Waals surface area contributed by atoms with E-state index in [9.17, 15) is 0 Å². The molecule has 1 aliphatic carbocycles. The molecule has 1 saturated heterocycles. The van der Waals surface area contributed by atoms with Gasteiger partial charge in [0.1, 0.15) is 0 Å². The van der Waals surface area contributed by atoms with E-state index in [1.165, 1.54) is 50.0 Å². The van der Waals surface area contributed by atoms with Crippen molar-refractivity contribution in [3.05, 3.63) is 41.5 Å². The zero-order chi connectivity index (χ0) is 10.8. The first-order chi connectivity index (χ1) is 7.93. The van der Waals surface area contributed by atoms with E-state index in [1.54, 1.807) is 0 Å². The summed E-state index contributed by atoms with van der Waals surface area (Å²) < 4.78 is 0. The van der Waals surface area contributed by atoms with Crippen LogP contribution in [0.2, 0.25) is 0 Å². The Balaban J connectivity index is 1.62. The molecule has 0 aromatic heterocycles. The van der Waals surface area contributed by atoms with Gasteiger partial charge in [-0.25, -0.2) is 0 Å². The molecule has 16 heavy (non-hydrogen) atoms. The predicted molar refractivity (Wildman–Crippen MR) is 68.5 cm³/mol. The van der Waals surface area contributed by atoms with Gasteiger partial charge in [0.05, 0.1) is 0 Å². The number of allylic oxidation sites excluding steroid dienone is 1. The number of benzene rings is 1. The van der Waals surface area contributed by atoms with Crippen LogP contribution in [-0.2, 0) is 0 Å². The van der Waals surface area contributed by atoms with Gasteiger partial charge in [-0.3, -0.25) is 0 Å². The van der Waals surface area contributed by atoms with Crippen molar-refractivity contribution in [3.8, 4) is 0 Å². The molecule has 3 rings (SSSR count). The molecule has 0 bridgehead atoms. The maximum Gasteiger partial charge on any atom is 0.00393 e. The standard InChI is InChI=1S/C15H19N/c1-2-6-15-13(5-1)7-8-14(15)9-12-16-10-3-4-11-16/h1-2,5-8,14H,3-4,9-12H2. The van der Waals surface area contributed by atoms with Crippen molar-refractivity contribution in [2.75, 3.05) is 19.6 Å². The third kappa shape index (κ3) is 1.92. The fourth-order valence-electron chi connectivity index (χ4n) is 2.90. The van der Waals surface area contributed by atoms with Crippen LogP contribution < -0.4 is 0 Å². The van der Waals surface area contributed by atoms with Crippen LogP contribution in [0.25, 0.3) is 6.08 Å². The quantitative estimate of drug-likeness (QED) is 0.744. The van der Waals surface area contributed by atoms with Crippen molar-refractivity contribution in [2.45, 2.75) is 25.2 Å². The molecule has 0 N–H and O–H groups in total. The average molecular weight is 213 g/mol. The molecule has 1 nitrogen and oxygen atoms in total. The Hall–Kier alpha value is -1.08. The third-order valence-corrected chi connectivity index (χ3v) is 3.86. The third-order valence-electron chi connectivity index (χ3n) is 3.86. The fraction of sp³-hybridized carbons (Fsp3) is 0.467. The van der Waals surface area contributed by atoms with Crippen molar-refractivity contribution in [3.63, 3.8) is 0 Å². The first-order valence-corrected chi connectivity index (χ1v) is 6.43. The summed E-state index contributed by atoms with van der Waals surface area (Å²) >= 11 is 0. The Morgan fingerprint density at radius 2 is 1.94 bits per heavy atom. The molecule has 1 unspecified atom stereocenters. The molecule has 2 aliphatic rings. The van der Waals surface area contributed by atoms with E-state index in [0.717, 1.165) is 0 Å². The van der Waals surface area contributed by atoms with Crippen molar-refractivity contribution >= 4 is 6.08 Å². The van der Waals surface area contributed by atoms with E-state index in [0.29, 0.717) is 5.92 Å². The average Bonchev–Trinajstić information content (AvgIpc) is 2.96. The Morgan fingerprint density at radius 1 is 1.12 bits per heavy atom. The summed E-state index contributed by atoms with van der Waals surface area (Å²) in [5.74, 6) is 0.664. The number of nitrogens with zero attached hydrogens (tertiary/aromatic N) is 1. The van der Waals surface area contributed by atoms with Crippen molar-refractivity contribution in [2.24, 2.45) is 0 Å². The molecule has 1 heteroatoms. The second-order valence-electron chi connectivity index (χ2n) is 4.93. The number of fused-ring (bicyclic) bond motifs is 1. The fourth-order valence-corrected chi connectivity index (χ4v) is 2.90. The Bertz CT molecular complexity index is 388. The molecular formula is C15H19N. The Kier molecular flexibility index (Phi) is 2.79. The maximum absolute atomic E-state index is 2.61. The van der Waals surface area contributed by atoms with E-state index >= 15 is 0 Å². The highest BCUT2D eigenvalue weighted by molar-refractivity contribution is 5.62. The zero-order valence-electron chi connectivity index (χ0n) is 9.73. The lowest BCUT2D eigenvalue weighted by atomic mass is 9.97. The van der Waals surface area contributed by atoms with E-state index in [1.807, 2.05) is 0 Å². The lowest BCUT2D eigenvalue weighted by Gasteiger charge is -2.17. The van der Waals surface area contributed by atoms with Crippen molar-refractivity contribution in [1.29, 1.82) is 0 Å². The van der Waals surface area contributed by atoms with Crippen LogP contribution in [0.1, 0.15) is 36.3 Å². The van der Waals surface area contributed by atoms with Gasteiger partial charge in [0.15, 0.2) is 0 Å². The Morgan fingerprint density at radius 3 is 2.81 bits per heavy atom. The number of likely N-dealkylation sites (tertiary alicyclic amines) is 1. The smallest absolute Gasteiger partial charge is 0.00393 e. The van der Waals surface area contributed by atoms with Gasteiger partial charge in [-0.1, -0.05) is 36.4 Å². The molecule has 84 valence electrons. The van der Waals surface area contributed by atoms with Crippen LogP contribution in [-0.4, -0.2) is 24.5 Å². The molecule has 1 heterocycles. The first kappa shape index (κ1) is 10.1. The SMILES string of the molecule is C1=CC(CCN2CCCC2)c2ccccc21. The van der Waals surface area contributed by atoms with Gasteiger partial charge in [0, 0.05) is 5.92 Å². The monoisotopic (exact) mass is 213 g/mol. The van der Waals surface area contributed by atoms with Gasteiger partial charge < -0.3 is 4.90 Å². The highest BCUT2D eigenvalue weighted by Gasteiger charge is 2.18. The van der Waals surface area contributed by atoms with Crippen LogP contribution in [0.15, 0.2) is 30.3 Å². The van der Waals surface area contributed by atoms with Gasteiger partial charge >= 0.3 is 0 Å². The normalized spacial score (nSPS) is 23.9. The van der Waals surface area contributed by atoms with E-state index in [2.05, 4.69) is 41.3 Å². The zero-order valence-corrected chi connectivity index (χ0v) is 9.73. The van der Waals surface area contributed by atoms with Crippen LogP contribution in [0.3, 0.4) is 0 Å². The topological polar surface area (TPSA) is 3.24 Å². The van der Waals surface area contributed by atoms with E-state index < -0.39 is 0 Å². The minimum atomic E-state index is 0.664. The Labute approximate surface area is 97.8 Å². The molecule has 0 spiro atoms. The molecule has 0 radical (unpaired) electrons. The van der Waals surface area contributed by atoms with Gasteiger partial charge in [-0.2, -0.15) is 0 Å². The molecular weight excluding hydrogens is 194 g/mol. The van der Waals surface area contributed by atoms with Gasteiger partial charge in [-0.05, 0) is 50.0 Å². The summed E-state index contributed by atoms with van der Waals surface area (Å²) in [6.07, 6.45) is 8.74. The lowest BCUT2D eigenvalue weighted by Crippen LogP contribution is -2.21. The molecule has 1 aromatic carbocycles. The maximum atomic E-state index is 2.61. The van der Waals surface area contributed by atoms with Crippen molar-refractivity contribution < 1.29 is 0 Å². The van der Waals surface area contributed by atoms with Gasteiger partial charge in [0.2, 0.25) is 0 Å². The largest absolute Gasteiger partial charge is 0.303 e. The van der Waals surface area contributed by atoms with E-state index in [-0.39, 0.29) is 0 Å². The van der Waals surface area contributed by atoms with Crippen LogP contribution >= 0.6 is 0 Å². The van der Waals surface area contributed by atoms with Crippen LogP contribution in [0.4, 0.5) is 0 Å². The van der Waals surface area contributed by atoms with Crippen LogP contribution in [0, 0.1) is 0 Å². The second kappa shape index (κ2) is 4.42. The first-order valence-electron chi connectivity index (χ1n) is 6.43. The van der Waals surface area contributed by atoms with Gasteiger partial charge in [0.25, 0.3) is 0 Å². The summed E-state index contributed by atoms with van der Waals surface area (Å²) in [6, 6.07) is 8.80. The van der Waals surface area contributed by atoms with Crippen LogP contribution in [0.5, 0.6) is 0 Å².